The van der Waals surface area contributed by atoms with Crippen molar-refractivity contribution in [3.63, 3.8) is 0 Å². The molecule has 0 aromatic carbocycles. The van der Waals surface area contributed by atoms with E-state index in [-0.39, 0.29) is 0 Å². The Morgan fingerprint density at radius 2 is 2.12 bits per heavy atom. The number of rotatable bonds is 7. The summed E-state index contributed by atoms with van der Waals surface area (Å²) in [5.41, 5.74) is 0. The minimum Gasteiger partial charge on any atom is -0.313 e. The van der Waals surface area contributed by atoms with Gasteiger partial charge in [-0.25, -0.2) is 0 Å². The number of thioether (sulfide) groups is 2. The zero-order chi connectivity index (χ0) is 11.8. The quantitative estimate of drug-likeness (QED) is 0.751. The number of hydrogen-bond donors (Lipinski definition) is 1. The molecule has 3 heteroatoms. The van der Waals surface area contributed by atoms with Gasteiger partial charge in [-0.1, -0.05) is 27.2 Å². The minimum atomic E-state index is 0.729. The molecule has 1 fully saturated rings. The highest BCUT2D eigenvalue weighted by molar-refractivity contribution is 8.06. The molecule has 16 heavy (non-hydrogen) atoms. The van der Waals surface area contributed by atoms with Crippen molar-refractivity contribution in [1.29, 1.82) is 0 Å². The van der Waals surface area contributed by atoms with Gasteiger partial charge in [0, 0.05) is 35.1 Å². The second-order valence-electron chi connectivity index (χ2n) is 4.76. The predicted octanol–water partition coefficient (Wildman–Crippen LogP) is 3.64. The van der Waals surface area contributed by atoms with Gasteiger partial charge in [0.2, 0.25) is 0 Å². The molecule has 1 nitrogen and oxygen atoms in total. The van der Waals surface area contributed by atoms with Gasteiger partial charge in [0.1, 0.15) is 0 Å². The molecule has 3 unspecified atom stereocenters. The third-order valence-corrected chi connectivity index (χ3v) is 6.21. The van der Waals surface area contributed by atoms with Gasteiger partial charge in [0.05, 0.1) is 0 Å². The summed E-state index contributed by atoms with van der Waals surface area (Å²) in [5, 5.41) is 4.64. The highest BCUT2D eigenvalue weighted by Crippen LogP contribution is 2.24. The summed E-state index contributed by atoms with van der Waals surface area (Å²) in [5.74, 6) is 4.87. The van der Waals surface area contributed by atoms with Crippen LogP contribution in [-0.2, 0) is 0 Å². The first-order valence-electron chi connectivity index (χ1n) is 6.70. The van der Waals surface area contributed by atoms with Gasteiger partial charge < -0.3 is 5.32 Å². The maximum atomic E-state index is 3.79. The first-order valence-corrected chi connectivity index (χ1v) is 8.91. The molecule has 3 atom stereocenters. The van der Waals surface area contributed by atoms with Crippen LogP contribution in [0.1, 0.15) is 40.0 Å². The molecule has 0 spiro atoms. The number of nitrogens with one attached hydrogen (secondary N) is 1. The van der Waals surface area contributed by atoms with E-state index in [0.717, 1.165) is 17.2 Å². The molecule has 1 rings (SSSR count). The first-order chi connectivity index (χ1) is 7.77. The van der Waals surface area contributed by atoms with E-state index in [1.165, 1.54) is 43.1 Å². The van der Waals surface area contributed by atoms with E-state index in [1.54, 1.807) is 0 Å². The van der Waals surface area contributed by atoms with Crippen LogP contribution in [0.15, 0.2) is 0 Å². The van der Waals surface area contributed by atoms with Crippen molar-refractivity contribution in [3.05, 3.63) is 0 Å². The Morgan fingerprint density at radius 1 is 1.31 bits per heavy atom. The summed E-state index contributed by atoms with van der Waals surface area (Å²) in [7, 11) is 0. The van der Waals surface area contributed by atoms with Gasteiger partial charge >= 0.3 is 0 Å². The van der Waals surface area contributed by atoms with Crippen molar-refractivity contribution in [3.8, 4) is 0 Å². The van der Waals surface area contributed by atoms with Crippen molar-refractivity contribution >= 4 is 23.5 Å². The molecule has 0 saturated carbocycles. The molecule has 0 amide bonds. The van der Waals surface area contributed by atoms with E-state index in [1.807, 2.05) is 0 Å². The van der Waals surface area contributed by atoms with Crippen LogP contribution >= 0.6 is 23.5 Å². The van der Waals surface area contributed by atoms with Gasteiger partial charge in [-0.15, -0.1) is 0 Å². The topological polar surface area (TPSA) is 12.0 Å². The lowest BCUT2D eigenvalue weighted by Gasteiger charge is -2.28. The molecule has 1 aliphatic rings. The lowest BCUT2D eigenvalue weighted by Crippen LogP contribution is -2.39. The fourth-order valence-corrected chi connectivity index (χ4v) is 4.97. The van der Waals surface area contributed by atoms with E-state index in [4.69, 9.17) is 0 Å². The Morgan fingerprint density at radius 3 is 2.69 bits per heavy atom. The van der Waals surface area contributed by atoms with Crippen LogP contribution in [0.2, 0.25) is 0 Å². The summed E-state index contributed by atoms with van der Waals surface area (Å²) in [6, 6.07) is 0.729. The lowest BCUT2D eigenvalue weighted by molar-refractivity contribution is 0.348. The van der Waals surface area contributed by atoms with Gasteiger partial charge in [0.15, 0.2) is 0 Å². The van der Waals surface area contributed by atoms with Gasteiger partial charge in [-0.05, 0) is 18.8 Å². The smallest absolute Gasteiger partial charge is 0.0263 e. The molecule has 0 aromatic heterocycles. The second-order valence-corrected chi connectivity index (χ2v) is 7.31. The Bertz CT molecular complexity index is 169. The molecular formula is C13H27NS2. The average Bonchev–Trinajstić information content (AvgIpc) is 2.31. The average molecular weight is 261 g/mol. The van der Waals surface area contributed by atoms with E-state index in [9.17, 15) is 0 Å². The predicted molar refractivity (Wildman–Crippen MR) is 79.7 cm³/mol. The SMILES string of the molecule is CCCC(C)C(CC)NCC1CSCCS1. The molecule has 1 N–H and O–H groups in total. The van der Waals surface area contributed by atoms with Crippen molar-refractivity contribution in [2.24, 2.45) is 5.92 Å². The van der Waals surface area contributed by atoms with Crippen molar-refractivity contribution in [2.45, 2.75) is 51.3 Å². The summed E-state index contributed by atoms with van der Waals surface area (Å²) < 4.78 is 0. The van der Waals surface area contributed by atoms with E-state index in [2.05, 4.69) is 49.6 Å². The Kier molecular flexibility index (Phi) is 8.01. The number of hydrogen-bond acceptors (Lipinski definition) is 3. The molecular weight excluding hydrogens is 234 g/mol. The molecule has 1 aliphatic heterocycles. The zero-order valence-corrected chi connectivity index (χ0v) is 12.6. The highest BCUT2D eigenvalue weighted by Gasteiger charge is 2.18. The first kappa shape index (κ1) is 14.7. The van der Waals surface area contributed by atoms with Gasteiger partial charge in [-0.2, -0.15) is 23.5 Å². The van der Waals surface area contributed by atoms with E-state index >= 15 is 0 Å². The highest BCUT2D eigenvalue weighted by atomic mass is 32.2. The summed E-state index contributed by atoms with van der Waals surface area (Å²) in [6.07, 6.45) is 3.94. The van der Waals surface area contributed by atoms with Crippen molar-refractivity contribution in [1.82, 2.24) is 5.32 Å². The van der Waals surface area contributed by atoms with Crippen LogP contribution in [0.5, 0.6) is 0 Å². The standard InChI is InChI=1S/C13H27NS2/c1-4-6-11(3)13(5-2)14-9-12-10-15-7-8-16-12/h11-14H,4-10H2,1-3H3. The third-order valence-electron chi connectivity index (χ3n) is 3.36. The normalized spacial score (nSPS) is 25.3. The van der Waals surface area contributed by atoms with Crippen LogP contribution in [0.3, 0.4) is 0 Å². The van der Waals surface area contributed by atoms with E-state index in [0.29, 0.717) is 0 Å². The maximum absolute atomic E-state index is 3.79. The summed E-state index contributed by atoms with van der Waals surface area (Å²) >= 11 is 4.28. The molecule has 0 radical (unpaired) electrons. The minimum absolute atomic E-state index is 0.729. The molecule has 96 valence electrons. The van der Waals surface area contributed by atoms with Crippen LogP contribution < -0.4 is 5.32 Å². The zero-order valence-electron chi connectivity index (χ0n) is 11.0. The van der Waals surface area contributed by atoms with Gasteiger partial charge in [0.25, 0.3) is 0 Å². The van der Waals surface area contributed by atoms with Crippen molar-refractivity contribution < 1.29 is 0 Å². The van der Waals surface area contributed by atoms with Crippen LogP contribution in [0.4, 0.5) is 0 Å². The molecule has 0 aliphatic carbocycles. The fourth-order valence-electron chi connectivity index (χ4n) is 2.34. The molecule has 0 bridgehead atoms. The van der Waals surface area contributed by atoms with Gasteiger partial charge in [-0.3, -0.25) is 0 Å². The monoisotopic (exact) mass is 261 g/mol. The van der Waals surface area contributed by atoms with Crippen LogP contribution in [0.25, 0.3) is 0 Å². The lowest BCUT2D eigenvalue weighted by atomic mass is 9.95. The Balaban J connectivity index is 2.21. The van der Waals surface area contributed by atoms with Crippen LogP contribution in [0, 0.1) is 5.92 Å². The molecule has 1 heterocycles. The maximum Gasteiger partial charge on any atom is 0.0263 e. The van der Waals surface area contributed by atoms with E-state index < -0.39 is 0 Å². The largest absolute Gasteiger partial charge is 0.313 e. The Hall–Kier alpha value is 0.660. The summed E-state index contributed by atoms with van der Waals surface area (Å²) in [4.78, 5) is 0. The molecule has 1 saturated heterocycles. The van der Waals surface area contributed by atoms with Crippen LogP contribution in [-0.4, -0.2) is 35.1 Å². The fraction of sp³-hybridized carbons (Fsp3) is 1.00. The third kappa shape index (κ3) is 5.33. The second kappa shape index (κ2) is 8.71. The Labute approximate surface area is 110 Å². The molecule has 0 aromatic rings. The summed E-state index contributed by atoms with van der Waals surface area (Å²) in [6.45, 7) is 8.21. The van der Waals surface area contributed by atoms with Crippen molar-refractivity contribution in [2.75, 3.05) is 23.8 Å².